The third-order valence-corrected chi connectivity index (χ3v) is 3.92. The summed E-state index contributed by atoms with van der Waals surface area (Å²) in [6.45, 7) is 1.17. The molecule has 1 saturated heterocycles. The maximum absolute atomic E-state index is 13.3. The van der Waals surface area contributed by atoms with Gasteiger partial charge in [-0.1, -0.05) is 0 Å². The predicted molar refractivity (Wildman–Crippen MR) is 74.8 cm³/mol. The van der Waals surface area contributed by atoms with Gasteiger partial charge in [-0.15, -0.1) is 0 Å². The number of nitrogens with zero attached hydrogens (tertiary/aromatic N) is 2. The monoisotopic (exact) mass is 292 g/mol. The number of carbonyl (C=O) groups excluding carboxylic acids is 1. The Balaban J connectivity index is 2.06. The van der Waals surface area contributed by atoms with E-state index < -0.39 is 17.9 Å². The summed E-state index contributed by atoms with van der Waals surface area (Å²) in [6, 6.07) is 5.88. The first-order chi connectivity index (χ1) is 9.94. The van der Waals surface area contributed by atoms with Crippen LogP contribution < -0.4 is 4.90 Å². The summed E-state index contributed by atoms with van der Waals surface area (Å²) in [7, 11) is 1.30. The molecule has 6 heteroatoms. The van der Waals surface area contributed by atoms with E-state index in [1.54, 1.807) is 29.2 Å². The molecule has 0 aliphatic carbocycles. The molecular weight excluding hydrogens is 278 g/mol. The van der Waals surface area contributed by atoms with Crippen LogP contribution in [-0.2, 0) is 4.74 Å². The summed E-state index contributed by atoms with van der Waals surface area (Å²) >= 11 is 0. The summed E-state index contributed by atoms with van der Waals surface area (Å²) in [4.78, 5) is 17.6. The van der Waals surface area contributed by atoms with Gasteiger partial charge in [0.2, 0.25) is 0 Å². The third-order valence-electron chi connectivity index (χ3n) is 3.92. The number of halogens is 2. The molecule has 0 N–H and O–H groups in total. The minimum absolute atomic E-state index is 0.312. The van der Waals surface area contributed by atoms with Crippen molar-refractivity contribution >= 4 is 22.6 Å². The third kappa shape index (κ3) is 2.11. The fraction of sp³-hybridized carbons (Fsp3) is 0.333. The quantitative estimate of drug-likeness (QED) is 0.798. The number of methoxy groups -OCH3 is 1. The van der Waals surface area contributed by atoms with E-state index in [1.165, 1.54) is 20.2 Å². The van der Waals surface area contributed by atoms with Crippen molar-refractivity contribution in [2.45, 2.75) is 18.9 Å². The van der Waals surface area contributed by atoms with Gasteiger partial charge in [-0.2, -0.15) is 0 Å². The van der Waals surface area contributed by atoms with Crippen LogP contribution in [0.2, 0.25) is 0 Å². The van der Waals surface area contributed by atoms with Crippen LogP contribution in [0.25, 0.3) is 10.9 Å². The molecule has 2 heterocycles. The van der Waals surface area contributed by atoms with Crippen molar-refractivity contribution in [2.24, 2.45) is 0 Å². The van der Waals surface area contributed by atoms with Crippen LogP contribution in [0.3, 0.4) is 0 Å². The van der Waals surface area contributed by atoms with Gasteiger partial charge in [0.05, 0.1) is 30.8 Å². The Hall–Kier alpha value is -2.24. The van der Waals surface area contributed by atoms with Crippen molar-refractivity contribution in [1.29, 1.82) is 0 Å². The van der Waals surface area contributed by atoms with Gasteiger partial charge in [-0.3, -0.25) is 4.98 Å². The molecule has 2 aromatic rings. The van der Waals surface area contributed by atoms with Crippen LogP contribution in [-0.4, -0.2) is 36.6 Å². The average Bonchev–Trinajstić information content (AvgIpc) is 2.50. The molecule has 110 valence electrons. The number of rotatable bonds is 2. The van der Waals surface area contributed by atoms with E-state index in [2.05, 4.69) is 4.98 Å². The molecule has 0 amide bonds. The number of aromatic nitrogens is 1. The molecule has 1 atom stereocenters. The second-order valence-corrected chi connectivity index (χ2v) is 5.12. The Kier molecular flexibility index (Phi) is 3.04. The van der Waals surface area contributed by atoms with Crippen molar-refractivity contribution in [3.8, 4) is 0 Å². The van der Waals surface area contributed by atoms with Crippen molar-refractivity contribution in [2.75, 3.05) is 18.6 Å². The lowest BCUT2D eigenvalue weighted by Gasteiger charge is -2.47. The van der Waals surface area contributed by atoms with E-state index in [1.807, 2.05) is 0 Å². The molecule has 1 aromatic heterocycles. The molecule has 0 saturated carbocycles. The molecular formula is C15H14F2N2O2. The summed E-state index contributed by atoms with van der Waals surface area (Å²) in [5.74, 6) is -3.14. The number of ether oxygens (including phenoxy) is 1. The Morgan fingerprint density at radius 1 is 1.43 bits per heavy atom. The van der Waals surface area contributed by atoms with E-state index in [0.717, 1.165) is 0 Å². The lowest BCUT2D eigenvalue weighted by Crippen LogP contribution is -2.63. The van der Waals surface area contributed by atoms with Crippen LogP contribution in [0.5, 0.6) is 0 Å². The predicted octanol–water partition coefficient (Wildman–Crippen LogP) is 2.87. The van der Waals surface area contributed by atoms with Gasteiger partial charge in [-0.25, -0.2) is 13.6 Å². The molecule has 1 aliphatic heterocycles. The molecule has 21 heavy (non-hydrogen) atoms. The Bertz CT molecular complexity index is 718. The Morgan fingerprint density at radius 3 is 2.81 bits per heavy atom. The summed E-state index contributed by atoms with van der Waals surface area (Å²) in [6.07, 6.45) is 1.52. The maximum Gasteiger partial charge on any atom is 0.338 e. The SMILES string of the molecule is COC(=O)c1ccnc2ccc(N3CC(F)(F)[C@H]3C)cc12. The second-order valence-electron chi connectivity index (χ2n) is 5.12. The number of alkyl halides is 2. The zero-order valence-corrected chi connectivity index (χ0v) is 11.6. The molecule has 0 bridgehead atoms. The average molecular weight is 292 g/mol. The second kappa shape index (κ2) is 4.65. The van der Waals surface area contributed by atoms with E-state index in [0.29, 0.717) is 22.2 Å². The highest BCUT2D eigenvalue weighted by Crippen LogP contribution is 2.39. The topological polar surface area (TPSA) is 42.4 Å². The molecule has 3 rings (SSSR count). The number of hydrogen-bond donors (Lipinski definition) is 0. The lowest BCUT2D eigenvalue weighted by molar-refractivity contribution is -0.0638. The number of pyridine rings is 1. The minimum atomic E-state index is -2.67. The first kappa shape index (κ1) is 13.7. The standard InChI is InChI=1S/C15H14F2N2O2/c1-9-15(16,17)8-19(9)10-3-4-13-12(7-10)11(5-6-18-13)14(20)21-2/h3-7,9H,8H2,1-2H3/t9-/m1/s1. The molecule has 4 nitrogen and oxygen atoms in total. The lowest BCUT2D eigenvalue weighted by atomic mass is 9.98. The number of hydrogen-bond acceptors (Lipinski definition) is 4. The largest absolute Gasteiger partial charge is 0.465 e. The highest BCUT2D eigenvalue weighted by atomic mass is 19.3. The van der Waals surface area contributed by atoms with Gasteiger partial charge in [0.15, 0.2) is 0 Å². The van der Waals surface area contributed by atoms with E-state index in [4.69, 9.17) is 4.74 Å². The molecule has 1 aromatic carbocycles. The molecule has 0 unspecified atom stereocenters. The summed E-state index contributed by atoms with van der Waals surface area (Å²) in [5, 5.41) is 0.601. The van der Waals surface area contributed by atoms with E-state index in [-0.39, 0.29) is 6.54 Å². The zero-order valence-electron chi connectivity index (χ0n) is 11.6. The highest BCUT2D eigenvalue weighted by Gasteiger charge is 2.51. The first-order valence-corrected chi connectivity index (χ1v) is 6.55. The van der Waals surface area contributed by atoms with Crippen LogP contribution in [0.4, 0.5) is 14.5 Å². The fourth-order valence-corrected chi connectivity index (χ4v) is 2.53. The van der Waals surface area contributed by atoms with Gasteiger partial charge in [0, 0.05) is 17.3 Å². The molecule has 1 fully saturated rings. The summed E-state index contributed by atoms with van der Waals surface area (Å²) < 4.78 is 31.4. The van der Waals surface area contributed by atoms with Crippen molar-refractivity contribution < 1.29 is 18.3 Å². The van der Waals surface area contributed by atoms with Crippen molar-refractivity contribution in [3.63, 3.8) is 0 Å². The normalized spacial score (nSPS) is 20.2. The van der Waals surface area contributed by atoms with Crippen LogP contribution >= 0.6 is 0 Å². The Labute approximate surface area is 120 Å². The van der Waals surface area contributed by atoms with Gasteiger partial charge < -0.3 is 9.64 Å². The summed E-state index contributed by atoms with van der Waals surface area (Å²) in [5.41, 5.74) is 1.66. The number of carbonyl (C=O) groups is 1. The molecule has 0 radical (unpaired) electrons. The van der Waals surface area contributed by atoms with Gasteiger partial charge in [0.1, 0.15) is 0 Å². The highest BCUT2D eigenvalue weighted by molar-refractivity contribution is 6.04. The van der Waals surface area contributed by atoms with Crippen molar-refractivity contribution in [1.82, 2.24) is 4.98 Å². The maximum atomic E-state index is 13.3. The minimum Gasteiger partial charge on any atom is -0.465 e. The van der Waals surface area contributed by atoms with Gasteiger partial charge in [0.25, 0.3) is 5.92 Å². The zero-order chi connectivity index (χ0) is 15.2. The number of benzene rings is 1. The molecule has 0 spiro atoms. The van der Waals surface area contributed by atoms with Crippen LogP contribution in [0.1, 0.15) is 17.3 Å². The number of anilines is 1. The fourth-order valence-electron chi connectivity index (χ4n) is 2.53. The number of fused-ring (bicyclic) bond motifs is 1. The van der Waals surface area contributed by atoms with E-state index >= 15 is 0 Å². The number of esters is 1. The van der Waals surface area contributed by atoms with E-state index in [9.17, 15) is 13.6 Å². The first-order valence-electron chi connectivity index (χ1n) is 6.55. The van der Waals surface area contributed by atoms with Crippen LogP contribution in [0, 0.1) is 0 Å². The van der Waals surface area contributed by atoms with Gasteiger partial charge in [-0.05, 0) is 31.2 Å². The Morgan fingerprint density at radius 2 is 2.19 bits per heavy atom. The smallest absolute Gasteiger partial charge is 0.338 e. The van der Waals surface area contributed by atoms with Crippen LogP contribution in [0.15, 0.2) is 30.5 Å². The van der Waals surface area contributed by atoms with Gasteiger partial charge >= 0.3 is 5.97 Å². The van der Waals surface area contributed by atoms with Crippen molar-refractivity contribution in [3.05, 3.63) is 36.0 Å². The molecule has 1 aliphatic rings.